The highest BCUT2D eigenvalue weighted by atomic mass is 35.5. The number of hydrogen-bond donors (Lipinski definition) is 1. The molecule has 7 nitrogen and oxygen atoms in total. The second-order valence-corrected chi connectivity index (χ2v) is 8.45. The van der Waals surface area contributed by atoms with Crippen molar-refractivity contribution in [1.29, 1.82) is 0 Å². The Hall–Kier alpha value is -1.22. The lowest BCUT2D eigenvalue weighted by molar-refractivity contribution is -0.229. The van der Waals surface area contributed by atoms with E-state index >= 15 is 0 Å². The lowest BCUT2D eigenvalue weighted by Crippen LogP contribution is -2.58. The number of amides is 1. The summed E-state index contributed by atoms with van der Waals surface area (Å²) in [6.45, 7) is 9.10. The molecule has 8 heteroatoms. The number of ether oxygens (including phenoxy) is 5. The molecule has 1 aromatic carbocycles. The summed E-state index contributed by atoms with van der Waals surface area (Å²) in [5, 5.41) is 3.42. The molecule has 0 aromatic heterocycles. The van der Waals surface area contributed by atoms with Crippen molar-refractivity contribution in [2.75, 3.05) is 5.32 Å². The van der Waals surface area contributed by atoms with Crippen LogP contribution in [0, 0.1) is 6.92 Å². The van der Waals surface area contributed by atoms with Crippen LogP contribution in [0.15, 0.2) is 18.2 Å². The highest BCUT2D eigenvalue weighted by Gasteiger charge is 2.62. The molecule has 3 heterocycles. The number of fused-ring (bicyclic) bond motifs is 3. The van der Waals surface area contributed by atoms with Crippen LogP contribution in [0.25, 0.3) is 0 Å². The van der Waals surface area contributed by atoms with E-state index in [1.807, 2.05) is 13.0 Å². The molecule has 0 bridgehead atoms. The maximum atomic E-state index is 13.0. The van der Waals surface area contributed by atoms with Crippen LogP contribution in [0.3, 0.4) is 0 Å². The smallest absolute Gasteiger partial charge is 0.256 e. The number of rotatable bonds is 2. The van der Waals surface area contributed by atoms with Crippen molar-refractivity contribution in [3.05, 3.63) is 28.8 Å². The van der Waals surface area contributed by atoms with Gasteiger partial charge in [-0.25, -0.2) is 0 Å². The number of carbonyl (C=O) groups is 1. The molecule has 27 heavy (non-hydrogen) atoms. The molecular weight excluding hydrogens is 374 g/mol. The minimum absolute atomic E-state index is 0.349. The molecule has 1 aromatic rings. The Morgan fingerprint density at radius 2 is 1.63 bits per heavy atom. The molecule has 0 saturated carbocycles. The largest absolute Gasteiger partial charge is 0.342 e. The lowest BCUT2D eigenvalue weighted by atomic mass is 9.98. The predicted octanol–water partition coefficient (Wildman–Crippen LogP) is 2.98. The van der Waals surface area contributed by atoms with Gasteiger partial charge in [0.25, 0.3) is 5.91 Å². The topological polar surface area (TPSA) is 75.3 Å². The number of halogens is 1. The van der Waals surface area contributed by atoms with Crippen molar-refractivity contribution in [3.63, 3.8) is 0 Å². The van der Waals surface area contributed by atoms with E-state index in [-0.39, 0.29) is 5.91 Å². The molecular formula is C19H24ClNO6. The zero-order valence-corrected chi connectivity index (χ0v) is 16.7. The van der Waals surface area contributed by atoms with Gasteiger partial charge in [0, 0.05) is 10.7 Å². The summed E-state index contributed by atoms with van der Waals surface area (Å²) in [5.41, 5.74) is 1.51. The zero-order chi connectivity index (χ0) is 19.6. The summed E-state index contributed by atoms with van der Waals surface area (Å²) in [5.74, 6) is -2.03. The Balaban J connectivity index is 1.57. The fourth-order valence-corrected chi connectivity index (χ4v) is 3.89. The first kappa shape index (κ1) is 19.1. The van der Waals surface area contributed by atoms with Crippen LogP contribution in [0.5, 0.6) is 0 Å². The predicted molar refractivity (Wildman–Crippen MR) is 97.3 cm³/mol. The van der Waals surface area contributed by atoms with E-state index in [0.717, 1.165) is 5.56 Å². The van der Waals surface area contributed by atoms with Gasteiger partial charge in [0.05, 0.1) is 0 Å². The summed E-state index contributed by atoms with van der Waals surface area (Å²) < 4.78 is 29.7. The average Bonchev–Trinajstić information content (AvgIpc) is 3.04. The first-order valence-electron chi connectivity index (χ1n) is 8.98. The van der Waals surface area contributed by atoms with E-state index in [1.165, 1.54) is 0 Å². The van der Waals surface area contributed by atoms with E-state index in [4.69, 9.17) is 35.3 Å². The molecule has 5 atom stereocenters. The van der Waals surface area contributed by atoms with Gasteiger partial charge >= 0.3 is 0 Å². The lowest BCUT2D eigenvalue weighted by Gasteiger charge is -2.36. The normalized spacial score (nSPS) is 36.1. The van der Waals surface area contributed by atoms with Gasteiger partial charge in [-0.1, -0.05) is 17.7 Å². The molecule has 0 radical (unpaired) electrons. The van der Waals surface area contributed by atoms with Crippen molar-refractivity contribution in [2.24, 2.45) is 0 Å². The molecule has 1 amide bonds. The third kappa shape index (κ3) is 3.60. The molecule has 3 aliphatic rings. The van der Waals surface area contributed by atoms with Crippen molar-refractivity contribution >= 4 is 23.2 Å². The van der Waals surface area contributed by atoms with Crippen molar-refractivity contribution in [1.82, 2.24) is 0 Å². The summed E-state index contributed by atoms with van der Waals surface area (Å²) in [7, 11) is 0. The van der Waals surface area contributed by atoms with Crippen LogP contribution in [-0.4, -0.2) is 48.2 Å². The second-order valence-electron chi connectivity index (χ2n) is 8.04. The summed E-state index contributed by atoms with van der Waals surface area (Å²) in [6, 6.07) is 5.33. The van der Waals surface area contributed by atoms with Crippen LogP contribution in [0.4, 0.5) is 5.69 Å². The Morgan fingerprint density at radius 3 is 2.33 bits per heavy atom. The number of anilines is 1. The van der Waals surface area contributed by atoms with E-state index in [1.54, 1.807) is 39.8 Å². The summed E-state index contributed by atoms with van der Waals surface area (Å²) in [6.07, 6.45) is -3.17. The van der Waals surface area contributed by atoms with Crippen LogP contribution < -0.4 is 5.32 Å². The Kier molecular flexibility index (Phi) is 4.53. The van der Waals surface area contributed by atoms with Gasteiger partial charge in [-0.05, 0) is 52.3 Å². The van der Waals surface area contributed by atoms with Crippen molar-refractivity contribution < 1.29 is 28.5 Å². The minimum Gasteiger partial charge on any atom is -0.342 e. The summed E-state index contributed by atoms with van der Waals surface area (Å²) >= 11 is 6.15. The number of nitrogens with one attached hydrogen (secondary N) is 1. The third-order valence-electron chi connectivity index (χ3n) is 4.85. The standard InChI is InChI=1S/C19H24ClNO6/c1-9-6-7-10(8-11(9)20)21-16(22)14-12-13(25-18(2,3)24-12)15-17(23-14)27-19(4,5)26-15/h6-8,12-15,17H,1-5H3,(H,21,22)/t12-,13+,14?,15-,17-/m1/s1. The van der Waals surface area contributed by atoms with Gasteiger partial charge in [0.15, 0.2) is 24.0 Å². The van der Waals surface area contributed by atoms with Gasteiger partial charge in [0.2, 0.25) is 0 Å². The summed E-state index contributed by atoms with van der Waals surface area (Å²) in [4.78, 5) is 13.0. The second kappa shape index (κ2) is 6.40. The van der Waals surface area contributed by atoms with Crippen LogP contribution in [0.2, 0.25) is 5.02 Å². The molecule has 4 rings (SSSR count). The first-order chi connectivity index (χ1) is 12.5. The highest BCUT2D eigenvalue weighted by molar-refractivity contribution is 6.31. The highest BCUT2D eigenvalue weighted by Crippen LogP contribution is 2.44. The zero-order valence-electron chi connectivity index (χ0n) is 15.9. The number of benzene rings is 1. The average molecular weight is 398 g/mol. The van der Waals surface area contributed by atoms with Crippen LogP contribution >= 0.6 is 11.6 Å². The number of aryl methyl sites for hydroxylation is 1. The van der Waals surface area contributed by atoms with Gasteiger partial charge in [-0.15, -0.1) is 0 Å². The number of carbonyl (C=O) groups excluding carboxylic acids is 1. The SMILES string of the molecule is Cc1ccc(NC(=O)C2O[C@@H]3OC(C)(C)O[C@@H]3[C@H]3OC(C)(C)O[C@@H]23)cc1Cl. The molecule has 3 saturated heterocycles. The molecule has 148 valence electrons. The van der Waals surface area contributed by atoms with E-state index < -0.39 is 42.3 Å². The van der Waals surface area contributed by atoms with Crippen LogP contribution in [-0.2, 0) is 28.5 Å². The van der Waals surface area contributed by atoms with Crippen molar-refractivity contribution in [2.45, 2.75) is 76.9 Å². The number of hydrogen-bond acceptors (Lipinski definition) is 6. The molecule has 0 aliphatic carbocycles. The van der Waals surface area contributed by atoms with E-state index in [9.17, 15) is 4.79 Å². The Bertz CT molecular complexity index is 767. The quantitative estimate of drug-likeness (QED) is 0.826. The Labute approximate surface area is 163 Å². The molecule has 1 unspecified atom stereocenters. The minimum atomic E-state index is -0.907. The molecule has 1 N–H and O–H groups in total. The van der Waals surface area contributed by atoms with Gasteiger partial charge in [0.1, 0.15) is 18.3 Å². The van der Waals surface area contributed by atoms with Crippen molar-refractivity contribution in [3.8, 4) is 0 Å². The van der Waals surface area contributed by atoms with Gasteiger partial charge in [-0.2, -0.15) is 0 Å². The van der Waals surface area contributed by atoms with E-state index in [0.29, 0.717) is 10.7 Å². The molecule has 0 spiro atoms. The first-order valence-corrected chi connectivity index (χ1v) is 9.36. The van der Waals surface area contributed by atoms with Crippen LogP contribution in [0.1, 0.15) is 33.3 Å². The maximum Gasteiger partial charge on any atom is 0.256 e. The maximum absolute atomic E-state index is 13.0. The fraction of sp³-hybridized carbons (Fsp3) is 0.632. The molecule has 3 fully saturated rings. The Morgan fingerprint density at radius 1 is 1.00 bits per heavy atom. The fourth-order valence-electron chi connectivity index (χ4n) is 3.71. The van der Waals surface area contributed by atoms with Gasteiger partial charge in [-0.3, -0.25) is 4.79 Å². The molecule has 3 aliphatic heterocycles. The van der Waals surface area contributed by atoms with Gasteiger partial charge < -0.3 is 29.0 Å². The monoisotopic (exact) mass is 397 g/mol. The van der Waals surface area contributed by atoms with E-state index in [2.05, 4.69) is 5.32 Å². The third-order valence-corrected chi connectivity index (χ3v) is 5.26.